The van der Waals surface area contributed by atoms with E-state index in [2.05, 4.69) is 0 Å². The second-order valence-corrected chi connectivity index (χ2v) is 8.97. The van der Waals surface area contributed by atoms with Crippen LogP contribution in [0.2, 0.25) is 0 Å². The molecule has 0 radical (unpaired) electrons. The molecule has 0 aliphatic rings. The highest BCUT2D eigenvalue weighted by Gasteiger charge is 2.31. The van der Waals surface area contributed by atoms with Crippen molar-refractivity contribution in [1.82, 2.24) is 14.0 Å². The summed E-state index contributed by atoms with van der Waals surface area (Å²) in [6, 6.07) is 6.72. The summed E-state index contributed by atoms with van der Waals surface area (Å²) in [7, 11) is 0.0683. The zero-order valence-electron chi connectivity index (χ0n) is 16.0. The van der Waals surface area contributed by atoms with E-state index in [0.717, 1.165) is 15.2 Å². The monoisotopic (exact) mass is 411 g/mol. The van der Waals surface area contributed by atoms with Gasteiger partial charge in [-0.05, 0) is 24.6 Å². The molecular weight excluding hydrogens is 389 g/mol. The van der Waals surface area contributed by atoms with Gasteiger partial charge in [0.2, 0.25) is 5.91 Å². The van der Waals surface area contributed by atoms with Crippen molar-refractivity contribution >= 4 is 15.7 Å². The molecule has 1 aromatic carbocycles. The molecule has 28 heavy (non-hydrogen) atoms. The van der Waals surface area contributed by atoms with E-state index < -0.39 is 43.8 Å². The molecule has 152 valence electrons. The third-order valence-electron chi connectivity index (χ3n) is 4.55. The Morgan fingerprint density at radius 3 is 2.43 bits per heavy atom. The summed E-state index contributed by atoms with van der Waals surface area (Å²) in [5, 5.41) is -1.40. The van der Waals surface area contributed by atoms with E-state index in [9.17, 15) is 27.2 Å². The van der Waals surface area contributed by atoms with E-state index in [0.29, 0.717) is 5.56 Å². The van der Waals surface area contributed by atoms with Crippen LogP contribution >= 0.6 is 0 Å². The number of benzene rings is 1. The normalized spacial score (nSPS) is 12.6. The van der Waals surface area contributed by atoms with Crippen molar-refractivity contribution < 1.29 is 17.6 Å². The van der Waals surface area contributed by atoms with Crippen molar-refractivity contribution in [1.29, 1.82) is 0 Å². The maximum Gasteiger partial charge on any atom is 0.330 e. The van der Waals surface area contributed by atoms with E-state index in [1.165, 1.54) is 51.2 Å². The molecular formula is C18H22FN3O5S. The van der Waals surface area contributed by atoms with Crippen molar-refractivity contribution in [3.63, 3.8) is 0 Å². The van der Waals surface area contributed by atoms with E-state index in [1.54, 1.807) is 6.07 Å². The maximum absolute atomic E-state index is 13.3. The second-order valence-electron chi connectivity index (χ2n) is 6.65. The van der Waals surface area contributed by atoms with Gasteiger partial charge in [-0.1, -0.05) is 12.1 Å². The van der Waals surface area contributed by atoms with Crippen LogP contribution in [0.25, 0.3) is 0 Å². The molecule has 0 bridgehead atoms. The molecule has 0 aliphatic carbocycles. The predicted molar refractivity (Wildman–Crippen MR) is 102 cm³/mol. The average molecular weight is 411 g/mol. The molecule has 1 heterocycles. The molecule has 0 saturated carbocycles. The molecule has 0 saturated heterocycles. The van der Waals surface area contributed by atoms with Gasteiger partial charge in [0.05, 0.1) is 5.75 Å². The van der Waals surface area contributed by atoms with Crippen LogP contribution in [0.15, 0.2) is 39.9 Å². The summed E-state index contributed by atoms with van der Waals surface area (Å²) in [5.41, 5.74) is -0.759. The largest absolute Gasteiger partial charge is 0.340 e. The van der Waals surface area contributed by atoms with Crippen molar-refractivity contribution in [3.05, 3.63) is 68.2 Å². The fourth-order valence-corrected chi connectivity index (χ4v) is 4.13. The summed E-state index contributed by atoms with van der Waals surface area (Å²) >= 11 is 0. The number of rotatable bonds is 6. The number of halogens is 1. The van der Waals surface area contributed by atoms with Crippen LogP contribution in [0.5, 0.6) is 0 Å². The first-order chi connectivity index (χ1) is 12.9. The third-order valence-corrected chi connectivity index (χ3v) is 6.52. The van der Waals surface area contributed by atoms with Crippen LogP contribution < -0.4 is 11.2 Å². The molecule has 2 rings (SSSR count). The molecule has 1 amide bonds. The number of carbonyl (C=O) groups excluding carboxylic acids is 1. The number of carbonyl (C=O) groups is 1. The summed E-state index contributed by atoms with van der Waals surface area (Å²) < 4.78 is 40.6. The fraction of sp³-hybridized carbons (Fsp3) is 0.389. The highest BCUT2D eigenvalue weighted by Crippen LogP contribution is 2.14. The summed E-state index contributed by atoms with van der Waals surface area (Å²) in [4.78, 5) is 37.5. The van der Waals surface area contributed by atoms with Gasteiger partial charge in [0.15, 0.2) is 9.84 Å². The highest BCUT2D eigenvalue weighted by molar-refractivity contribution is 7.92. The third kappa shape index (κ3) is 4.56. The molecule has 8 nitrogen and oxygen atoms in total. The SMILES string of the molecule is C[C@@H](C(=O)N(C)Cc1cccc(F)c1)S(=O)(=O)Cc1cc(=O)n(C)c(=O)n1C. The van der Waals surface area contributed by atoms with Crippen LogP contribution in [-0.2, 0) is 41.0 Å². The Balaban J connectivity index is 2.22. The van der Waals surface area contributed by atoms with E-state index in [-0.39, 0.29) is 12.2 Å². The van der Waals surface area contributed by atoms with Crippen molar-refractivity contribution in [2.75, 3.05) is 7.05 Å². The molecule has 0 fully saturated rings. The maximum atomic E-state index is 13.3. The lowest BCUT2D eigenvalue weighted by Gasteiger charge is -2.22. The average Bonchev–Trinajstić information content (AvgIpc) is 2.62. The first-order valence-corrected chi connectivity index (χ1v) is 10.1. The van der Waals surface area contributed by atoms with Gasteiger partial charge in [0.1, 0.15) is 11.1 Å². The number of amides is 1. The zero-order chi connectivity index (χ0) is 21.2. The highest BCUT2D eigenvalue weighted by atomic mass is 32.2. The van der Waals surface area contributed by atoms with Gasteiger partial charge in [-0.2, -0.15) is 0 Å². The second kappa shape index (κ2) is 8.09. The van der Waals surface area contributed by atoms with E-state index >= 15 is 0 Å². The van der Waals surface area contributed by atoms with Gasteiger partial charge >= 0.3 is 5.69 Å². The summed E-state index contributed by atoms with van der Waals surface area (Å²) in [5.74, 6) is -1.75. The number of aromatic nitrogens is 2. The van der Waals surface area contributed by atoms with Gasteiger partial charge in [-0.15, -0.1) is 0 Å². The predicted octanol–water partition coefficient (Wildman–Crippen LogP) is 0.185. The minimum absolute atomic E-state index is 0.000494. The lowest BCUT2D eigenvalue weighted by atomic mass is 10.2. The van der Waals surface area contributed by atoms with Crippen LogP contribution in [-0.4, -0.2) is 40.7 Å². The number of hydrogen-bond acceptors (Lipinski definition) is 5. The summed E-state index contributed by atoms with van der Waals surface area (Å²) in [6.45, 7) is 1.29. The lowest BCUT2D eigenvalue weighted by Crippen LogP contribution is -2.41. The smallest absolute Gasteiger partial charge is 0.330 e. The quantitative estimate of drug-likeness (QED) is 0.676. The van der Waals surface area contributed by atoms with Gasteiger partial charge < -0.3 is 4.90 Å². The Morgan fingerprint density at radius 1 is 1.18 bits per heavy atom. The first-order valence-electron chi connectivity index (χ1n) is 8.41. The lowest BCUT2D eigenvalue weighted by molar-refractivity contribution is -0.129. The molecule has 0 unspecified atom stereocenters. The number of hydrogen-bond donors (Lipinski definition) is 0. The standard InChI is InChI=1S/C18H22FN3O5S/c1-12(17(24)20(2)10-13-6-5-7-14(19)8-13)28(26,27)11-15-9-16(23)22(4)18(25)21(15)3/h5-9,12H,10-11H2,1-4H3/t12-/m0/s1. The van der Waals surface area contributed by atoms with Crippen molar-refractivity contribution in [2.45, 2.75) is 24.5 Å². The minimum atomic E-state index is -4.00. The van der Waals surface area contributed by atoms with Gasteiger partial charge in [0.25, 0.3) is 5.56 Å². The fourth-order valence-electron chi connectivity index (χ4n) is 2.70. The van der Waals surface area contributed by atoms with Crippen LogP contribution in [0.1, 0.15) is 18.2 Å². The van der Waals surface area contributed by atoms with Crippen molar-refractivity contribution in [3.8, 4) is 0 Å². The molecule has 2 aromatic rings. The van der Waals surface area contributed by atoms with E-state index in [4.69, 9.17) is 0 Å². The van der Waals surface area contributed by atoms with Gasteiger partial charge in [0, 0.05) is 39.4 Å². The Bertz CT molecular complexity index is 1120. The van der Waals surface area contributed by atoms with Gasteiger partial charge in [-0.25, -0.2) is 17.6 Å². The minimum Gasteiger partial charge on any atom is -0.340 e. The molecule has 1 atom stereocenters. The Kier molecular flexibility index (Phi) is 6.23. The van der Waals surface area contributed by atoms with Crippen LogP contribution in [0.3, 0.4) is 0 Å². The number of sulfone groups is 1. The molecule has 10 heteroatoms. The molecule has 1 aromatic heterocycles. The Morgan fingerprint density at radius 2 is 1.82 bits per heavy atom. The molecule has 0 aliphatic heterocycles. The van der Waals surface area contributed by atoms with Crippen LogP contribution in [0.4, 0.5) is 4.39 Å². The van der Waals surface area contributed by atoms with Crippen molar-refractivity contribution in [2.24, 2.45) is 14.1 Å². The zero-order valence-corrected chi connectivity index (χ0v) is 16.9. The molecule has 0 spiro atoms. The van der Waals surface area contributed by atoms with Gasteiger partial charge in [-0.3, -0.25) is 18.7 Å². The number of nitrogens with zero attached hydrogens (tertiary/aromatic N) is 3. The Hall–Kier alpha value is -2.75. The topological polar surface area (TPSA) is 98.5 Å². The van der Waals surface area contributed by atoms with Crippen LogP contribution in [0, 0.1) is 5.82 Å². The summed E-state index contributed by atoms with van der Waals surface area (Å²) in [6.07, 6.45) is 0. The van der Waals surface area contributed by atoms with E-state index in [1.807, 2.05) is 0 Å². The molecule has 0 N–H and O–H groups in total. The first kappa shape index (κ1) is 21.5. The Labute approximate surface area is 161 Å².